The number of rotatable bonds is 4. The first-order chi connectivity index (χ1) is 14.8. The number of nitrogens with zero attached hydrogens (tertiary/aromatic N) is 4. The molecule has 0 atom stereocenters. The van der Waals surface area contributed by atoms with Crippen LogP contribution in [0.2, 0.25) is 0 Å². The fourth-order valence-electron chi connectivity index (χ4n) is 2.24. The maximum atomic E-state index is 12.3. The van der Waals surface area contributed by atoms with Gasteiger partial charge in [0.25, 0.3) is 0 Å². The van der Waals surface area contributed by atoms with Gasteiger partial charge < -0.3 is 9.47 Å². The van der Waals surface area contributed by atoms with Crippen LogP contribution in [0.25, 0.3) is 11.4 Å². The zero-order valence-corrected chi connectivity index (χ0v) is 22.3. The molecule has 8 nitrogen and oxygen atoms in total. The van der Waals surface area contributed by atoms with E-state index in [-0.39, 0.29) is 36.4 Å². The number of amides is 2. The summed E-state index contributed by atoms with van der Waals surface area (Å²) >= 11 is 38.8. The number of anilines is 1. The lowest BCUT2D eigenvalue weighted by Gasteiger charge is -2.20. The van der Waals surface area contributed by atoms with E-state index >= 15 is 0 Å². The molecule has 0 bridgehead atoms. The van der Waals surface area contributed by atoms with Gasteiger partial charge in [-0.05, 0) is 48.0 Å². The van der Waals surface area contributed by atoms with E-state index in [1.807, 2.05) is 0 Å². The summed E-state index contributed by atoms with van der Waals surface area (Å²) < 4.78 is 6.17. The van der Waals surface area contributed by atoms with E-state index in [1.165, 1.54) is 18.2 Å². The smallest absolute Gasteiger partial charge is 0.424 e. The summed E-state index contributed by atoms with van der Waals surface area (Å²) in [4.78, 5) is 37.5. The number of imide groups is 1. The normalized spacial score (nSPS) is 11.8. The van der Waals surface area contributed by atoms with Crippen molar-refractivity contribution in [3.63, 3.8) is 0 Å². The Hall–Kier alpha value is -0.810. The fourth-order valence-corrected chi connectivity index (χ4v) is 3.29. The predicted molar refractivity (Wildman–Crippen MR) is 128 cm³/mol. The van der Waals surface area contributed by atoms with Gasteiger partial charge >= 0.3 is 12.2 Å². The Kier molecular flexibility index (Phi) is 9.50. The van der Waals surface area contributed by atoms with Gasteiger partial charge in [0.2, 0.25) is 7.59 Å². The van der Waals surface area contributed by atoms with E-state index in [4.69, 9.17) is 79.1 Å². The van der Waals surface area contributed by atoms with E-state index in [1.54, 1.807) is 13.8 Å². The fraction of sp³-hybridized carbons (Fsp3) is 0.353. The highest BCUT2D eigenvalue weighted by Crippen LogP contribution is 2.41. The molecule has 0 unspecified atom stereocenters. The monoisotopic (exact) mass is 626 g/mol. The van der Waals surface area contributed by atoms with Crippen molar-refractivity contribution in [2.45, 2.75) is 21.4 Å². The molecule has 1 aromatic carbocycles. The molecule has 174 valence electrons. The molecule has 0 saturated carbocycles. The zero-order valence-electron chi connectivity index (χ0n) is 16.2. The topological polar surface area (TPSA) is 94.5 Å². The minimum atomic E-state index is -2.03. The maximum Gasteiger partial charge on any atom is 0.424 e. The van der Waals surface area contributed by atoms with Crippen LogP contribution in [0.4, 0.5) is 15.3 Å². The summed E-state index contributed by atoms with van der Waals surface area (Å²) in [5, 5.41) is 0. The van der Waals surface area contributed by atoms with Gasteiger partial charge in [-0.25, -0.2) is 24.5 Å². The average Bonchev–Trinajstić information content (AvgIpc) is 2.67. The molecule has 2 aromatic rings. The molecule has 0 aliphatic heterocycles. The Morgan fingerprint density at radius 3 is 1.75 bits per heavy atom. The number of benzene rings is 1. The van der Waals surface area contributed by atoms with Crippen LogP contribution in [-0.2, 0) is 17.1 Å². The first-order valence-electron chi connectivity index (χ1n) is 8.63. The molecule has 32 heavy (non-hydrogen) atoms. The number of hydrogen-bond donors (Lipinski definition) is 0. The number of halogens is 7. The third-order valence-electron chi connectivity index (χ3n) is 3.50. The highest BCUT2D eigenvalue weighted by Gasteiger charge is 2.34. The van der Waals surface area contributed by atoms with Gasteiger partial charge in [-0.3, -0.25) is 0 Å². The minimum Gasteiger partial charge on any atom is -0.449 e. The van der Waals surface area contributed by atoms with Crippen LogP contribution in [0.3, 0.4) is 0 Å². The molecule has 0 aliphatic carbocycles. The van der Waals surface area contributed by atoms with Crippen LogP contribution in [0.15, 0.2) is 22.7 Å². The number of alkyl halides is 6. The van der Waals surface area contributed by atoms with Crippen molar-refractivity contribution in [2.75, 3.05) is 18.1 Å². The highest BCUT2D eigenvalue weighted by molar-refractivity contribution is 9.10. The highest BCUT2D eigenvalue weighted by atomic mass is 79.9. The third-order valence-corrected chi connectivity index (χ3v) is 5.17. The summed E-state index contributed by atoms with van der Waals surface area (Å²) in [5.41, 5.74) is 0.504. The lowest BCUT2D eigenvalue weighted by Crippen LogP contribution is -2.38. The van der Waals surface area contributed by atoms with Crippen LogP contribution in [0, 0.1) is 0 Å². The number of aromatic nitrogens is 3. The quantitative estimate of drug-likeness (QED) is 0.334. The van der Waals surface area contributed by atoms with Crippen LogP contribution in [-0.4, -0.2) is 40.4 Å². The van der Waals surface area contributed by atoms with Gasteiger partial charge in [0.05, 0.1) is 18.9 Å². The summed E-state index contributed by atoms with van der Waals surface area (Å²) in [6, 6.07) is 4.36. The minimum absolute atomic E-state index is 0.0000977. The Labute approximate surface area is 221 Å². The number of carbonyl (C=O) groups is 2. The van der Waals surface area contributed by atoms with Crippen LogP contribution >= 0.6 is 85.5 Å². The predicted octanol–water partition coefficient (Wildman–Crippen LogP) is 7.07. The van der Waals surface area contributed by atoms with Gasteiger partial charge in [0.1, 0.15) is 0 Å². The second kappa shape index (κ2) is 11.1. The Balaban J connectivity index is 2.60. The molecular formula is C17H13BrCl6N4O4. The van der Waals surface area contributed by atoms with E-state index in [2.05, 4.69) is 30.9 Å². The molecule has 0 fully saturated rings. The molecule has 2 rings (SSSR count). The van der Waals surface area contributed by atoms with Gasteiger partial charge in [0.15, 0.2) is 17.5 Å². The summed E-state index contributed by atoms with van der Waals surface area (Å²) in [6.45, 7) is 3.31. The van der Waals surface area contributed by atoms with Crippen molar-refractivity contribution in [1.29, 1.82) is 0 Å². The molecule has 0 spiro atoms. The largest absolute Gasteiger partial charge is 0.449 e. The van der Waals surface area contributed by atoms with E-state index in [0.29, 0.717) is 10.0 Å². The van der Waals surface area contributed by atoms with Crippen molar-refractivity contribution in [3.05, 3.63) is 34.3 Å². The maximum absolute atomic E-state index is 12.3. The zero-order chi connectivity index (χ0) is 24.3. The number of carbonyl (C=O) groups excluding carboxylic acids is 2. The second-order valence-electron chi connectivity index (χ2n) is 5.70. The first-order valence-corrected chi connectivity index (χ1v) is 11.7. The second-order valence-corrected chi connectivity index (χ2v) is 11.1. The Morgan fingerprint density at radius 2 is 1.38 bits per heavy atom. The van der Waals surface area contributed by atoms with Crippen molar-refractivity contribution in [2.24, 2.45) is 0 Å². The molecule has 1 heterocycles. The van der Waals surface area contributed by atoms with Gasteiger partial charge in [-0.1, -0.05) is 69.6 Å². The van der Waals surface area contributed by atoms with Crippen LogP contribution < -0.4 is 4.90 Å². The molecular weight excluding hydrogens is 617 g/mol. The molecule has 0 saturated heterocycles. The number of hydrogen-bond acceptors (Lipinski definition) is 7. The summed E-state index contributed by atoms with van der Waals surface area (Å²) in [7, 11) is 0. The van der Waals surface area contributed by atoms with Gasteiger partial charge in [-0.2, -0.15) is 4.90 Å². The Bertz CT molecular complexity index is 965. The lowest BCUT2D eigenvalue weighted by atomic mass is 10.2. The van der Waals surface area contributed by atoms with Crippen LogP contribution in [0.5, 0.6) is 0 Å². The van der Waals surface area contributed by atoms with Crippen molar-refractivity contribution in [3.8, 4) is 11.4 Å². The molecule has 0 aliphatic rings. The van der Waals surface area contributed by atoms with Crippen molar-refractivity contribution in [1.82, 2.24) is 15.0 Å². The van der Waals surface area contributed by atoms with Crippen molar-refractivity contribution < 1.29 is 19.1 Å². The third kappa shape index (κ3) is 6.85. The molecule has 2 amide bonds. The molecule has 1 aromatic heterocycles. The molecule has 0 N–H and O–H groups in total. The summed E-state index contributed by atoms with van der Waals surface area (Å²) in [5.74, 6) is -0.547. The lowest BCUT2D eigenvalue weighted by molar-refractivity contribution is 0.140. The van der Waals surface area contributed by atoms with E-state index in [0.717, 1.165) is 4.90 Å². The number of ether oxygens (including phenoxy) is 2. The van der Waals surface area contributed by atoms with Gasteiger partial charge in [-0.15, -0.1) is 0 Å². The average molecular weight is 630 g/mol. The molecule has 15 heteroatoms. The van der Waals surface area contributed by atoms with E-state index in [9.17, 15) is 9.59 Å². The van der Waals surface area contributed by atoms with Crippen molar-refractivity contribution >= 4 is 103 Å². The SMILES string of the molecule is CCOC(=O)N(C(=O)OCC)c1ccc(-c2nc(C(Cl)(Cl)Cl)nc(C(Cl)(Cl)Cl)n2)c(Br)c1. The van der Waals surface area contributed by atoms with Gasteiger partial charge in [0, 0.05) is 10.0 Å². The van der Waals surface area contributed by atoms with E-state index < -0.39 is 19.8 Å². The molecule has 0 radical (unpaired) electrons. The standard InChI is InChI=1S/C17H13BrCl6N4O4/c1-3-31-14(29)28(15(30)32-4-2)8-5-6-9(10(18)7-8)11-25-12(16(19,20)21)27-13(26-11)17(22,23)24/h5-7H,3-4H2,1-2H3. The first kappa shape index (κ1) is 27.4. The Morgan fingerprint density at radius 1 is 0.906 bits per heavy atom. The van der Waals surface area contributed by atoms with Crippen LogP contribution in [0.1, 0.15) is 25.5 Å². The summed E-state index contributed by atoms with van der Waals surface area (Å²) in [6.07, 6.45) is -1.83.